The molecule has 6 nitrogen and oxygen atoms in total. The van der Waals surface area contributed by atoms with Crippen molar-refractivity contribution >= 4 is 69.9 Å². The van der Waals surface area contributed by atoms with Gasteiger partial charge < -0.3 is 18.9 Å². The number of ether oxygens (including phenoxy) is 4. The average Bonchev–Trinajstić information content (AvgIpc) is 3.32. The second-order valence-corrected chi connectivity index (χ2v) is 14.4. The van der Waals surface area contributed by atoms with Gasteiger partial charge in [-0.2, -0.15) is 0 Å². The summed E-state index contributed by atoms with van der Waals surface area (Å²) in [5.74, 6) is 1.11. The molecule has 62 heavy (non-hydrogen) atoms. The van der Waals surface area contributed by atoms with E-state index in [4.69, 9.17) is 18.9 Å². The highest BCUT2D eigenvalue weighted by Gasteiger charge is 2.22. The summed E-state index contributed by atoms with van der Waals surface area (Å²) in [5, 5.41) is 3.40. The van der Waals surface area contributed by atoms with E-state index in [1.165, 1.54) is 12.2 Å². The van der Waals surface area contributed by atoms with Gasteiger partial charge in [-0.05, 0) is 116 Å². The van der Waals surface area contributed by atoms with Crippen LogP contribution in [-0.2, 0) is 9.59 Å². The van der Waals surface area contributed by atoms with Gasteiger partial charge in [-0.25, -0.2) is 9.59 Å². The number of hydrogen-bond acceptors (Lipinski definition) is 6. The summed E-state index contributed by atoms with van der Waals surface area (Å²) in [4.78, 5) is 27.2. The molecule has 0 radical (unpaired) electrons. The molecule has 0 atom stereocenters. The maximum Gasteiger partial charge on any atom is 0.336 e. The number of hydrogen-bond donors (Lipinski definition) is 0. The lowest BCUT2D eigenvalue weighted by molar-refractivity contribution is -0.129. The fraction of sp³-hybridized carbons (Fsp3) is 0.0357. The van der Waals surface area contributed by atoms with E-state index in [-0.39, 0.29) is 0 Å². The summed E-state index contributed by atoms with van der Waals surface area (Å²) in [7, 11) is 3.30. The van der Waals surface area contributed by atoms with Gasteiger partial charge in [-0.1, -0.05) is 146 Å². The molecule has 0 spiro atoms. The molecule has 0 N–H and O–H groups in total. The van der Waals surface area contributed by atoms with Crippen LogP contribution < -0.4 is 18.9 Å². The van der Waals surface area contributed by atoms with Gasteiger partial charge in [0.15, 0.2) is 0 Å². The molecule has 8 aromatic carbocycles. The van der Waals surface area contributed by atoms with E-state index in [0.29, 0.717) is 22.6 Å². The van der Waals surface area contributed by atoms with Crippen molar-refractivity contribution in [1.82, 2.24) is 0 Å². The molecule has 0 heterocycles. The molecular formula is C56H42O6. The Hall–Kier alpha value is -8.22. The van der Waals surface area contributed by atoms with Crippen molar-refractivity contribution < 1.29 is 28.5 Å². The molecule has 0 bridgehead atoms. The van der Waals surface area contributed by atoms with Crippen molar-refractivity contribution in [2.45, 2.75) is 0 Å². The molecular weight excluding hydrogens is 769 g/mol. The minimum atomic E-state index is -0.552. The third-order valence-electron chi connectivity index (χ3n) is 10.3. The first-order chi connectivity index (χ1) is 30.4. The molecule has 0 aliphatic heterocycles. The molecule has 0 aliphatic carbocycles. The Kier molecular flexibility index (Phi) is 12.6. The van der Waals surface area contributed by atoms with Gasteiger partial charge in [-0.15, -0.1) is 0 Å². The number of esters is 2. The summed E-state index contributed by atoms with van der Waals surface area (Å²) in [6, 6.07) is 54.6. The Morgan fingerprint density at radius 1 is 0.371 bits per heavy atom. The maximum absolute atomic E-state index is 13.6. The molecule has 0 aromatic heterocycles. The highest BCUT2D eigenvalue weighted by atomic mass is 16.5. The first-order valence-electron chi connectivity index (χ1n) is 20.1. The number of methoxy groups -OCH3 is 2. The molecule has 0 amide bonds. The first-order valence-corrected chi connectivity index (χ1v) is 20.1. The summed E-state index contributed by atoms with van der Waals surface area (Å²) in [5.41, 5.74) is 6.94. The van der Waals surface area contributed by atoms with Crippen LogP contribution in [0.15, 0.2) is 182 Å². The Morgan fingerprint density at radius 3 is 1.11 bits per heavy atom. The van der Waals surface area contributed by atoms with Crippen LogP contribution in [0.5, 0.6) is 23.0 Å². The molecule has 8 aromatic rings. The lowest BCUT2D eigenvalue weighted by Gasteiger charge is -2.18. The van der Waals surface area contributed by atoms with Gasteiger partial charge in [-0.3, -0.25) is 0 Å². The van der Waals surface area contributed by atoms with Crippen LogP contribution in [0.3, 0.4) is 0 Å². The van der Waals surface area contributed by atoms with Crippen LogP contribution in [0.2, 0.25) is 0 Å². The van der Waals surface area contributed by atoms with Gasteiger partial charge in [0.2, 0.25) is 0 Å². The van der Waals surface area contributed by atoms with E-state index in [1.54, 1.807) is 38.5 Å². The van der Waals surface area contributed by atoms with E-state index in [0.717, 1.165) is 66.4 Å². The van der Waals surface area contributed by atoms with Crippen molar-refractivity contribution in [3.05, 3.63) is 215 Å². The zero-order chi connectivity index (χ0) is 42.7. The Bertz CT molecular complexity index is 2770. The predicted octanol–water partition coefficient (Wildman–Crippen LogP) is 13.3. The largest absolute Gasteiger partial charge is 0.497 e. The molecule has 6 heteroatoms. The highest BCUT2D eigenvalue weighted by Crippen LogP contribution is 2.46. The van der Waals surface area contributed by atoms with Crippen LogP contribution in [0.4, 0.5) is 0 Å². The molecule has 0 saturated carbocycles. The Labute approximate surface area is 360 Å². The van der Waals surface area contributed by atoms with Crippen molar-refractivity contribution in [3.63, 3.8) is 0 Å². The van der Waals surface area contributed by atoms with Gasteiger partial charge in [0, 0.05) is 23.3 Å². The standard InChI is InChI=1S/C56H42O6/c1-59-47-27-17-41(18-28-47)13-15-43-21-31-49-45(37-43)25-33-51(61-53(57)35-23-39-9-5-3-6-10-39)55(49)56-50-32-22-44(16-14-42-19-29-48(60-2)30-20-42)38-46(50)26-34-52(56)62-54(58)36-24-40-11-7-4-8-12-40/h3-38H,1-2H3/b15-13-,16-14-,35-23+,36-24+. The number of benzene rings is 8. The summed E-state index contributed by atoms with van der Waals surface area (Å²) >= 11 is 0. The SMILES string of the molecule is COc1ccc(/C=C\c2ccc3c(-c4c(OC(=O)/C=C/c5ccccc5)ccc5cc(/C=C\c6ccc(OC)cc6)ccc45)c(OC(=O)/C=C/c4ccccc4)ccc3c2)cc1. The number of carbonyl (C=O) groups is 2. The van der Waals surface area contributed by atoms with Crippen molar-refractivity contribution in [2.75, 3.05) is 14.2 Å². The fourth-order valence-electron chi connectivity index (χ4n) is 7.11. The van der Waals surface area contributed by atoms with Gasteiger partial charge in [0.25, 0.3) is 0 Å². The van der Waals surface area contributed by atoms with Crippen LogP contribution in [-0.4, -0.2) is 26.2 Å². The van der Waals surface area contributed by atoms with Crippen molar-refractivity contribution in [3.8, 4) is 34.1 Å². The van der Waals surface area contributed by atoms with Crippen LogP contribution >= 0.6 is 0 Å². The molecule has 302 valence electrons. The van der Waals surface area contributed by atoms with Gasteiger partial charge in [0.05, 0.1) is 14.2 Å². The fourth-order valence-corrected chi connectivity index (χ4v) is 7.11. The minimum Gasteiger partial charge on any atom is -0.497 e. The van der Waals surface area contributed by atoms with Crippen LogP contribution in [0.1, 0.15) is 33.4 Å². The quantitative estimate of drug-likeness (QED) is 0.0500. The van der Waals surface area contributed by atoms with E-state index >= 15 is 0 Å². The van der Waals surface area contributed by atoms with Crippen LogP contribution in [0.25, 0.3) is 69.1 Å². The molecule has 0 saturated heterocycles. The van der Waals surface area contributed by atoms with Crippen molar-refractivity contribution in [2.24, 2.45) is 0 Å². The van der Waals surface area contributed by atoms with Crippen molar-refractivity contribution in [1.29, 1.82) is 0 Å². The third-order valence-corrected chi connectivity index (χ3v) is 10.3. The topological polar surface area (TPSA) is 71.1 Å². The zero-order valence-corrected chi connectivity index (χ0v) is 34.2. The smallest absolute Gasteiger partial charge is 0.336 e. The molecule has 0 aliphatic rings. The Balaban J connectivity index is 1.25. The lowest BCUT2D eigenvalue weighted by atomic mass is 9.91. The van der Waals surface area contributed by atoms with Crippen LogP contribution in [0, 0.1) is 0 Å². The normalized spacial score (nSPS) is 11.6. The highest BCUT2D eigenvalue weighted by molar-refractivity contribution is 6.11. The minimum absolute atomic E-state index is 0.315. The maximum atomic E-state index is 13.6. The monoisotopic (exact) mass is 810 g/mol. The number of rotatable bonds is 13. The average molecular weight is 811 g/mol. The Morgan fingerprint density at radius 2 is 0.726 bits per heavy atom. The molecule has 0 unspecified atom stereocenters. The summed E-state index contributed by atoms with van der Waals surface area (Å²) < 4.78 is 23.1. The van der Waals surface area contributed by atoms with E-state index in [1.807, 2.05) is 158 Å². The van der Waals surface area contributed by atoms with E-state index in [9.17, 15) is 9.59 Å². The van der Waals surface area contributed by atoms with E-state index in [2.05, 4.69) is 24.3 Å². The summed E-state index contributed by atoms with van der Waals surface area (Å²) in [6.45, 7) is 0. The number of carbonyl (C=O) groups excluding carboxylic acids is 2. The molecule has 0 fully saturated rings. The summed E-state index contributed by atoms with van der Waals surface area (Å²) in [6.07, 6.45) is 14.5. The number of fused-ring (bicyclic) bond motifs is 2. The lowest BCUT2D eigenvalue weighted by Crippen LogP contribution is -2.07. The molecule has 8 rings (SSSR count). The second kappa shape index (κ2) is 19.2. The predicted molar refractivity (Wildman–Crippen MR) is 253 cm³/mol. The van der Waals surface area contributed by atoms with Gasteiger partial charge in [0.1, 0.15) is 23.0 Å². The zero-order valence-electron chi connectivity index (χ0n) is 34.2. The third kappa shape index (κ3) is 9.96. The second-order valence-electron chi connectivity index (χ2n) is 14.4. The first kappa shape index (κ1) is 40.6. The van der Waals surface area contributed by atoms with E-state index < -0.39 is 11.9 Å². The van der Waals surface area contributed by atoms with Gasteiger partial charge >= 0.3 is 11.9 Å².